The third-order valence-corrected chi connectivity index (χ3v) is 11.4. The molecule has 14 heteroatoms. The van der Waals surface area contributed by atoms with E-state index in [1.807, 2.05) is 11.8 Å². The van der Waals surface area contributed by atoms with Crippen molar-refractivity contribution in [3.63, 3.8) is 0 Å². The quantitative estimate of drug-likeness (QED) is 0.207. The van der Waals surface area contributed by atoms with E-state index in [1.165, 1.54) is 0 Å². The monoisotopic (exact) mass is 519 g/mol. The van der Waals surface area contributed by atoms with Crippen molar-refractivity contribution in [2.24, 2.45) is 0 Å². The second-order valence-corrected chi connectivity index (χ2v) is 17.7. The minimum Gasteiger partial charge on any atom is -0.341 e. The number of amides is 3. The smallest absolute Gasteiger partial charge is 0.315 e. The van der Waals surface area contributed by atoms with Gasteiger partial charge in [-0.2, -0.15) is 11.8 Å². The molecule has 0 aromatic carbocycles. The average molecular weight is 520 g/mol. The van der Waals surface area contributed by atoms with Gasteiger partial charge in [-0.1, -0.05) is 6.42 Å². The Morgan fingerprint density at radius 1 is 1.07 bits per heavy atom. The molecule has 30 heavy (non-hydrogen) atoms. The highest BCUT2D eigenvalue weighted by Gasteiger charge is 2.42. The molecule has 0 aromatic heterocycles. The summed E-state index contributed by atoms with van der Waals surface area (Å²) in [6, 6.07) is 0.222. The zero-order valence-corrected chi connectivity index (χ0v) is 21.1. The number of nitrogens with zero attached hydrogens (tertiary/aromatic N) is 1. The second kappa shape index (κ2) is 11.5. The highest BCUT2D eigenvalue weighted by molar-refractivity contribution is 8.72. The molecule has 2 rings (SSSR count). The predicted molar refractivity (Wildman–Crippen MR) is 125 cm³/mol. The third-order valence-electron chi connectivity index (χ3n) is 4.74. The van der Waals surface area contributed by atoms with E-state index >= 15 is 0 Å². The molecule has 0 aliphatic carbocycles. The molecule has 2 aliphatic heterocycles. The fraction of sp³-hybridized carbons (Fsp3) is 0.875. The Morgan fingerprint density at radius 2 is 1.67 bits per heavy atom. The van der Waals surface area contributed by atoms with Crippen molar-refractivity contribution in [2.45, 2.75) is 43.0 Å². The number of fused-ring (bicyclic) bond motifs is 1. The van der Waals surface area contributed by atoms with E-state index < -0.39 is 17.7 Å². The SMILES string of the molecule is CS(=O)(=O)SCCN(CCSS(C)(=O)=O)C(=O)CCCC[C@@H]1SC[C@@H]2NC(=O)N[C@@H]21. The fourth-order valence-electron chi connectivity index (χ4n) is 3.38. The second-order valence-electron chi connectivity index (χ2n) is 7.30. The van der Waals surface area contributed by atoms with Gasteiger partial charge in [0.15, 0.2) is 17.7 Å². The van der Waals surface area contributed by atoms with Crippen LogP contribution in [0, 0.1) is 0 Å². The van der Waals surface area contributed by atoms with Crippen LogP contribution in [-0.4, -0.2) is 93.9 Å². The number of hydrogen-bond acceptors (Lipinski definition) is 9. The molecule has 0 spiro atoms. The molecule has 2 fully saturated rings. The number of hydrogen-bond donors (Lipinski definition) is 2. The first kappa shape index (κ1) is 25.9. The summed E-state index contributed by atoms with van der Waals surface area (Å²) in [5, 5.41) is 6.21. The van der Waals surface area contributed by atoms with Crippen molar-refractivity contribution >= 4 is 63.0 Å². The van der Waals surface area contributed by atoms with Gasteiger partial charge in [-0.05, 0) is 34.4 Å². The molecule has 9 nitrogen and oxygen atoms in total. The zero-order valence-electron chi connectivity index (χ0n) is 17.0. The Kier molecular flexibility index (Phi) is 9.97. The number of unbranched alkanes of at least 4 members (excludes halogenated alkanes) is 1. The maximum Gasteiger partial charge on any atom is 0.315 e. The highest BCUT2D eigenvalue weighted by atomic mass is 33.1. The Balaban J connectivity index is 1.75. The van der Waals surface area contributed by atoms with Gasteiger partial charge in [0.05, 0.1) is 12.1 Å². The number of carbonyl (C=O) groups excluding carboxylic acids is 2. The summed E-state index contributed by atoms with van der Waals surface area (Å²) in [5.41, 5.74) is 0. The maximum atomic E-state index is 12.6. The van der Waals surface area contributed by atoms with Crippen LogP contribution in [-0.2, 0) is 22.5 Å². The Bertz CT molecular complexity index is 781. The van der Waals surface area contributed by atoms with Gasteiger partial charge in [0.2, 0.25) is 5.91 Å². The number of nitrogens with one attached hydrogen (secondary N) is 2. The maximum absolute atomic E-state index is 12.6. The van der Waals surface area contributed by atoms with Crippen LogP contribution in [0.5, 0.6) is 0 Å². The van der Waals surface area contributed by atoms with Gasteiger partial charge in [0.25, 0.3) is 0 Å². The highest BCUT2D eigenvalue weighted by Crippen LogP contribution is 2.33. The van der Waals surface area contributed by atoms with Crippen molar-refractivity contribution in [3.8, 4) is 0 Å². The first-order valence-electron chi connectivity index (χ1n) is 9.60. The summed E-state index contributed by atoms with van der Waals surface area (Å²) < 4.78 is 45.2. The van der Waals surface area contributed by atoms with Crippen LogP contribution in [0.3, 0.4) is 0 Å². The van der Waals surface area contributed by atoms with Gasteiger partial charge in [0.1, 0.15) is 0 Å². The van der Waals surface area contributed by atoms with E-state index in [-0.39, 0.29) is 48.6 Å². The van der Waals surface area contributed by atoms with Crippen LogP contribution in [0.4, 0.5) is 4.79 Å². The third kappa shape index (κ3) is 9.45. The lowest BCUT2D eigenvalue weighted by atomic mass is 10.0. The standard InChI is InChI=1S/C16H29N3O6S5/c1-29(22,23)27-9-7-19(8-10-28-30(2,24)25)14(20)6-4-3-5-13-15-12(11-26-13)17-16(21)18-15/h12-13,15H,3-11H2,1-2H3,(H2,17,18,21)/t12-,13-,15-/m0/s1. The predicted octanol–water partition coefficient (Wildman–Crippen LogP) is 0.926. The summed E-state index contributed by atoms with van der Waals surface area (Å²) in [7, 11) is -4.82. The summed E-state index contributed by atoms with van der Waals surface area (Å²) in [4.78, 5) is 25.6. The molecule has 2 heterocycles. The van der Waals surface area contributed by atoms with Crippen molar-refractivity contribution < 1.29 is 26.4 Å². The van der Waals surface area contributed by atoms with E-state index in [0.717, 1.165) is 52.7 Å². The van der Waals surface area contributed by atoms with Crippen LogP contribution in [0.2, 0.25) is 0 Å². The van der Waals surface area contributed by atoms with Gasteiger partial charge in [-0.3, -0.25) is 4.79 Å². The summed E-state index contributed by atoms with van der Waals surface area (Å²) in [6.07, 6.45) is 5.04. The molecule has 2 N–H and O–H groups in total. The van der Waals surface area contributed by atoms with E-state index in [0.29, 0.717) is 18.1 Å². The van der Waals surface area contributed by atoms with E-state index in [9.17, 15) is 26.4 Å². The molecule has 3 amide bonds. The van der Waals surface area contributed by atoms with Crippen LogP contribution in [0.25, 0.3) is 0 Å². The number of carbonyl (C=O) groups is 2. The Morgan fingerprint density at radius 3 is 2.23 bits per heavy atom. The van der Waals surface area contributed by atoms with Gasteiger partial charge in [0, 0.05) is 54.5 Å². The molecule has 0 saturated carbocycles. The lowest BCUT2D eigenvalue weighted by Gasteiger charge is -2.22. The molecule has 0 radical (unpaired) electrons. The molecule has 174 valence electrons. The molecule has 2 aliphatic rings. The molecular weight excluding hydrogens is 491 g/mol. The molecule has 0 bridgehead atoms. The van der Waals surface area contributed by atoms with Crippen molar-refractivity contribution in [1.29, 1.82) is 0 Å². The molecule has 0 aromatic rings. The van der Waals surface area contributed by atoms with E-state index in [4.69, 9.17) is 0 Å². The van der Waals surface area contributed by atoms with Crippen LogP contribution < -0.4 is 10.6 Å². The van der Waals surface area contributed by atoms with E-state index in [1.54, 1.807) is 4.90 Å². The minimum atomic E-state index is -3.19. The van der Waals surface area contributed by atoms with E-state index in [2.05, 4.69) is 10.6 Å². The lowest BCUT2D eigenvalue weighted by Crippen LogP contribution is -2.37. The first-order chi connectivity index (χ1) is 13.9. The van der Waals surface area contributed by atoms with Crippen LogP contribution in [0.15, 0.2) is 0 Å². The topological polar surface area (TPSA) is 130 Å². The summed E-state index contributed by atoms with van der Waals surface area (Å²) >= 11 is 1.84. The largest absolute Gasteiger partial charge is 0.341 e. The van der Waals surface area contributed by atoms with Crippen molar-refractivity contribution in [2.75, 3.05) is 42.9 Å². The van der Waals surface area contributed by atoms with Gasteiger partial charge < -0.3 is 15.5 Å². The summed E-state index contributed by atoms with van der Waals surface area (Å²) in [6.45, 7) is 0.529. The summed E-state index contributed by atoms with van der Waals surface area (Å²) in [5.74, 6) is 1.31. The first-order valence-corrected chi connectivity index (χ1v) is 17.4. The van der Waals surface area contributed by atoms with Crippen LogP contribution >= 0.6 is 33.3 Å². The molecule has 3 atom stereocenters. The van der Waals surface area contributed by atoms with Gasteiger partial charge >= 0.3 is 6.03 Å². The van der Waals surface area contributed by atoms with Crippen LogP contribution in [0.1, 0.15) is 25.7 Å². The Labute approximate surface area is 190 Å². The normalized spacial score (nSPS) is 23.7. The fourth-order valence-corrected chi connectivity index (χ4v) is 8.38. The molecule has 0 unspecified atom stereocenters. The zero-order chi connectivity index (χ0) is 22.4. The lowest BCUT2D eigenvalue weighted by molar-refractivity contribution is -0.130. The molecular formula is C16H29N3O6S5. The molecule has 2 saturated heterocycles. The van der Waals surface area contributed by atoms with Gasteiger partial charge in [-0.15, -0.1) is 0 Å². The Hall–Kier alpha value is -0.310. The van der Waals surface area contributed by atoms with Crippen molar-refractivity contribution in [1.82, 2.24) is 15.5 Å². The van der Waals surface area contributed by atoms with Gasteiger partial charge in [-0.25, -0.2) is 21.6 Å². The average Bonchev–Trinajstić information content (AvgIpc) is 3.14. The van der Waals surface area contributed by atoms with Crippen molar-refractivity contribution in [3.05, 3.63) is 0 Å². The number of thioether (sulfide) groups is 1. The minimum absolute atomic E-state index is 0.0917. The number of rotatable bonds is 13. The number of urea groups is 1.